The molecule has 8 nitrogen and oxygen atoms in total. The van der Waals surface area contributed by atoms with Crippen LogP contribution in [0.3, 0.4) is 0 Å². The van der Waals surface area contributed by atoms with Crippen molar-refractivity contribution in [1.29, 1.82) is 0 Å². The molecule has 0 atom stereocenters. The van der Waals surface area contributed by atoms with E-state index in [1.165, 1.54) is 30.3 Å². The molecule has 0 saturated carbocycles. The third kappa shape index (κ3) is 4.53. The first kappa shape index (κ1) is 16.0. The van der Waals surface area contributed by atoms with Crippen LogP contribution in [0.5, 0.6) is 0 Å². The van der Waals surface area contributed by atoms with Gasteiger partial charge in [-0.3, -0.25) is 19.7 Å². The molecule has 2 amide bonds. The number of nitrogens with two attached hydrogens (primary N) is 1. The first-order valence-corrected chi connectivity index (χ1v) is 6.64. The fourth-order valence-electron chi connectivity index (χ4n) is 1.83. The number of nitro benzene ring substituents is 1. The number of nitrogens with one attached hydrogen (secondary N) is 2. The molecular formula is C15H14N4O4. The molecule has 0 aliphatic carbocycles. The number of carbonyl (C=O) groups excluding carboxylic acids is 2. The normalized spacial score (nSPS) is 9.91. The summed E-state index contributed by atoms with van der Waals surface area (Å²) in [6.45, 7) is -0.0568. The van der Waals surface area contributed by atoms with Crippen LogP contribution in [0.1, 0.15) is 10.4 Å². The van der Waals surface area contributed by atoms with Crippen LogP contribution in [-0.4, -0.2) is 23.3 Å². The zero-order valence-corrected chi connectivity index (χ0v) is 12.0. The predicted octanol–water partition coefficient (Wildman–Crippen LogP) is 1.74. The van der Waals surface area contributed by atoms with Gasteiger partial charge < -0.3 is 16.4 Å². The molecule has 2 aromatic carbocycles. The van der Waals surface area contributed by atoms with Gasteiger partial charge in [0.05, 0.1) is 11.5 Å². The third-order valence-corrected chi connectivity index (χ3v) is 2.96. The van der Waals surface area contributed by atoms with Crippen LogP contribution in [0.15, 0.2) is 48.5 Å². The first-order chi connectivity index (χ1) is 11.0. The van der Waals surface area contributed by atoms with Crippen LogP contribution in [0.4, 0.5) is 17.1 Å². The van der Waals surface area contributed by atoms with E-state index in [-0.39, 0.29) is 18.1 Å². The lowest BCUT2D eigenvalue weighted by molar-refractivity contribution is -0.384. The average Bonchev–Trinajstić information content (AvgIpc) is 2.53. The monoisotopic (exact) mass is 314 g/mol. The Labute approximate surface area is 131 Å². The zero-order valence-electron chi connectivity index (χ0n) is 12.0. The number of anilines is 2. The van der Waals surface area contributed by atoms with Gasteiger partial charge in [0.15, 0.2) is 0 Å². The summed E-state index contributed by atoms with van der Waals surface area (Å²) < 4.78 is 0. The summed E-state index contributed by atoms with van der Waals surface area (Å²) >= 11 is 0. The van der Waals surface area contributed by atoms with Crippen molar-refractivity contribution in [3.63, 3.8) is 0 Å². The molecule has 0 aliphatic heterocycles. The largest absolute Gasteiger partial charge is 0.376 e. The molecule has 8 heteroatoms. The van der Waals surface area contributed by atoms with E-state index in [0.29, 0.717) is 16.9 Å². The Morgan fingerprint density at radius 1 is 1.09 bits per heavy atom. The average molecular weight is 314 g/mol. The lowest BCUT2D eigenvalue weighted by atomic mass is 10.2. The Kier molecular flexibility index (Phi) is 4.88. The maximum absolute atomic E-state index is 11.8. The number of carbonyl (C=O) groups is 2. The van der Waals surface area contributed by atoms with E-state index >= 15 is 0 Å². The number of hydrogen-bond donors (Lipinski definition) is 3. The van der Waals surface area contributed by atoms with Gasteiger partial charge in [-0.05, 0) is 30.3 Å². The second-order valence-corrected chi connectivity index (χ2v) is 4.65. The van der Waals surface area contributed by atoms with Crippen LogP contribution < -0.4 is 16.4 Å². The molecule has 0 spiro atoms. The summed E-state index contributed by atoms with van der Waals surface area (Å²) in [5.41, 5.74) is 6.40. The Morgan fingerprint density at radius 3 is 2.39 bits per heavy atom. The van der Waals surface area contributed by atoms with Crippen LogP contribution in [-0.2, 0) is 4.79 Å². The molecule has 4 N–H and O–H groups in total. The van der Waals surface area contributed by atoms with E-state index in [1.54, 1.807) is 18.2 Å². The van der Waals surface area contributed by atoms with Gasteiger partial charge in [0.2, 0.25) is 11.8 Å². The highest BCUT2D eigenvalue weighted by atomic mass is 16.6. The quantitative estimate of drug-likeness (QED) is 0.553. The third-order valence-electron chi connectivity index (χ3n) is 2.96. The van der Waals surface area contributed by atoms with Gasteiger partial charge in [0.25, 0.3) is 5.69 Å². The highest BCUT2D eigenvalue weighted by molar-refractivity contribution is 5.96. The number of amides is 2. The molecule has 118 valence electrons. The molecule has 23 heavy (non-hydrogen) atoms. The van der Waals surface area contributed by atoms with Gasteiger partial charge in [-0.1, -0.05) is 6.07 Å². The summed E-state index contributed by atoms with van der Waals surface area (Å²) in [5.74, 6) is -0.876. The van der Waals surface area contributed by atoms with E-state index in [9.17, 15) is 19.7 Å². The van der Waals surface area contributed by atoms with Gasteiger partial charge in [0.1, 0.15) is 0 Å². The van der Waals surface area contributed by atoms with Gasteiger partial charge in [-0.15, -0.1) is 0 Å². The lowest BCUT2D eigenvalue weighted by Gasteiger charge is -2.08. The first-order valence-electron chi connectivity index (χ1n) is 6.64. The molecule has 0 heterocycles. The van der Waals surface area contributed by atoms with Crippen molar-refractivity contribution < 1.29 is 14.5 Å². The summed E-state index contributed by atoms with van der Waals surface area (Å²) in [7, 11) is 0. The van der Waals surface area contributed by atoms with Crippen molar-refractivity contribution in [2.24, 2.45) is 5.73 Å². The minimum Gasteiger partial charge on any atom is -0.376 e. The SMILES string of the molecule is NC(=O)c1ccc(NC(=O)CNc2cccc([N+](=O)[O-])c2)cc1. The number of benzene rings is 2. The summed E-state index contributed by atoms with van der Waals surface area (Å²) in [6, 6.07) is 12.0. The van der Waals surface area contributed by atoms with Crippen LogP contribution in [0.25, 0.3) is 0 Å². The molecule has 0 unspecified atom stereocenters. The molecule has 0 fully saturated rings. The molecule has 2 aromatic rings. The van der Waals surface area contributed by atoms with E-state index in [4.69, 9.17) is 5.73 Å². The number of primary amides is 1. The highest BCUT2D eigenvalue weighted by Crippen LogP contribution is 2.16. The topological polar surface area (TPSA) is 127 Å². The van der Waals surface area contributed by atoms with Gasteiger partial charge in [-0.25, -0.2) is 0 Å². The number of nitro groups is 1. The smallest absolute Gasteiger partial charge is 0.271 e. The number of non-ortho nitro benzene ring substituents is 1. The van der Waals surface area contributed by atoms with Crippen molar-refractivity contribution in [1.82, 2.24) is 0 Å². The number of hydrogen-bond acceptors (Lipinski definition) is 5. The number of rotatable bonds is 6. The van der Waals surface area contributed by atoms with Crippen molar-refractivity contribution in [3.8, 4) is 0 Å². The van der Waals surface area contributed by atoms with Gasteiger partial charge in [-0.2, -0.15) is 0 Å². The Balaban J connectivity index is 1.91. The van der Waals surface area contributed by atoms with Gasteiger partial charge in [0, 0.05) is 29.1 Å². The Morgan fingerprint density at radius 2 is 1.78 bits per heavy atom. The maximum atomic E-state index is 11.8. The highest BCUT2D eigenvalue weighted by Gasteiger charge is 2.07. The van der Waals surface area contributed by atoms with Crippen molar-refractivity contribution in [2.45, 2.75) is 0 Å². The van der Waals surface area contributed by atoms with Crippen molar-refractivity contribution >= 4 is 28.9 Å². The standard InChI is InChI=1S/C15H14N4O4/c16-15(21)10-4-6-11(7-5-10)18-14(20)9-17-12-2-1-3-13(8-12)19(22)23/h1-8,17H,9H2,(H2,16,21)(H,18,20). The van der Waals surface area contributed by atoms with E-state index in [2.05, 4.69) is 10.6 Å². The Hall–Kier alpha value is -3.42. The van der Waals surface area contributed by atoms with Crippen molar-refractivity contribution in [3.05, 3.63) is 64.2 Å². The minimum absolute atomic E-state index is 0.0568. The summed E-state index contributed by atoms with van der Waals surface area (Å²) in [6.07, 6.45) is 0. The lowest BCUT2D eigenvalue weighted by Crippen LogP contribution is -2.21. The van der Waals surface area contributed by atoms with Crippen LogP contribution >= 0.6 is 0 Å². The molecule has 0 bridgehead atoms. The predicted molar refractivity (Wildman–Crippen MR) is 85.2 cm³/mol. The molecule has 2 rings (SSSR count). The zero-order chi connectivity index (χ0) is 16.8. The minimum atomic E-state index is -0.546. The van der Waals surface area contributed by atoms with Crippen LogP contribution in [0.2, 0.25) is 0 Å². The molecular weight excluding hydrogens is 300 g/mol. The summed E-state index contributed by atoms with van der Waals surface area (Å²) in [5, 5.41) is 16.1. The molecule has 0 radical (unpaired) electrons. The second kappa shape index (κ2) is 7.03. The van der Waals surface area contributed by atoms with E-state index in [1.807, 2.05) is 0 Å². The van der Waals surface area contributed by atoms with E-state index < -0.39 is 10.8 Å². The van der Waals surface area contributed by atoms with Crippen LogP contribution in [0, 0.1) is 10.1 Å². The molecule has 0 saturated heterocycles. The fraction of sp³-hybridized carbons (Fsp3) is 0.0667. The summed E-state index contributed by atoms with van der Waals surface area (Å²) in [4.78, 5) is 32.9. The second-order valence-electron chi connectivity index (χ2n) is 4.65. The number of nitrogens with zero attached hydrogens (tertiary/aromatic N) is 1. The van der Waals surface area contributed by atoms with Gasteiger partial charge >= 0.3 is 0 Å². The fourth-order valence-corrected chi connectivity index (χ4v) is 1.83. The molecule has 0 aliphatic rings. The van der Waals surface area contributed by atoms with E-state index in [0.717, 1.165) is 0 Å². The maximum Gasteiger partial charge on any atom is 0.271 e. The van der Waals surface area contributed by atoms with Crippen molar-refractivity contribution in [2.75, 3.05) is 17.2 Å². The molecule has 0 aromatic heterocycles. The Bertz CT molecular complexity index is 743.